The van der Waals surface area contributed by atoms with Crippen LogP contribution in [0, 0.1) is 11.8 Å². The van der Waals surface area contributed by atoms with Gasteiger partial charge in [-0.05, 0) is 49.8 Å². The molecule has 0 aromatic heterocycles. The first-order chi connectivity index (χ1) is 13.6. The molecule has 1 aromatic carbocycles. The quantitative estimate of drug-likeness (QED) is 0.792. The van der Waals surface area contributed by atoms with Crippen molar-refractivity contribution < 1.29 is 26.4 Å². The minimum absolute atomic E-state index is 0.0409. The van der Waals surface area contributed by atoms with Gasteiger partial charge in [-0.3, -0.25) is 4.79 Å². The van der Waals surface area contributed by atoms with Gasteiger partial charge in [0.1, 0.15) is 0 Å². The summed E-state index contributed by atoms with van der Waals surface area (Å²) in [4.78, 5) is 12.6. The van der Waals surface area contributed by atoms with Gasteiger partial charge in [-0.2, -0.15) is 30.2 Å². The van der Waals surface area contributed by atoms with E-state index in [0.717, 1.165) is 25.0 Å². The molecule has 6 nitrogen and oxygen atoms in total. The average molecular weight is 433 g/mol. The first-order valence-corrected chi connectivity index (χ1v) is 11.2. The number of carbonyl (C=O) groups excluding carboxylic acids is 1. The molecular formula is C19H26F3N3O3S. The van der Waals surface area contributed by atoms with Crippen LogP contribution in [-0.4, -0.2) is 49.1 Å². The number of hydrogen-bond donors (Lipinski definition) is 1. The summed E-state index contributed by atoms with van der Waals surface area (Å²) in [5.41, 5.74) is -0.794. The molecule has 162 valence electrons. The van der Waals surface area contributed by atoms with Crippen molar-refractivity contribution in [1.29, 1.82) is 0 Å². The van der Waals surface area contributed by atoms with Gasteiger partial charge in [0.25, 0.3) is 10.2 Å². The molecule has 29 heavy (non-hydrogen) atoms. The number of nitrogens with zero attached hydrogens (tertiary/aromatic N) is 2. The molecule has 0 bridgehead atoms. The molecule has 2 aliphatic rings. The molecule has 1 N–H and O–H groups in total. The SMILES string of the molecule is CC1CCN(S(=O)(=O)N2CCCC(C(=O)Nc3cccc(C(F)(F)F)c3)C2)CC1. The lowest BCUT2D eigenvalue weighted by Crippen LogP contribution is -2.51. The van der Waals surface area contributed by atoms with Gasteiger partial charge < -0.3 is 5.32 Å². The first-order valence-electron chi connectivity index (χ1n) is 9.80. The highest BCUT2D eigenvalue weighted by Crippen LogP contribution is 2.31. The number of rotatable bonds is 4. The summed E-state index contributed by atoms with van der Waals surface area (Å²) in [6.45, 7) is 3.43. The number of anilines is 1. The maximum atomic E-state index is 12.9. The van der Waals surface area contributed by atoms with Gasteiger partial charge in [0, 0.05) is 31.9 Å². The van der Waals surface area contributed by atoms with Crippen LogP contribution >= 0.6 is 0 Å². The summed E-state index contributed by atoms with van der Waals surface area (Å²) in [6.07, 6.45) is -1.85. The van der Waals surface area contributed by atoms with Crippen molar-refractivity contribution in [2.45, 2.75) is 38.8 Å². The number of nitrogens with one attached hydrogen (secondary N) is 1. The molecular weight excluding hydrogens is 407 g/mol. The van der Waals surface area contributed by atoms with E-state index in [9.17, 15) is 26.4 Å². The fourth-order valence-corrected chi connectivity index (χ4v) is 5.49. The standard InChI is InChI=1S/C19H26F3N3O3S/c1-14-7-10-24(11-8-14)29(27,28)25-9-3-4-15(13-25)18(26)23-17-6-2-5-16(12-17)19(20,21)22/h2,5-6,12,14-15H,3-4,7-11,13H2,1H3,(H,23,26). The fraction of sp³-hybridized carbons (Fsp3) is 0.632. The summed E-state index contributed by atoms with van der Waals surface area (Å²) < 4.78 is 67.2. The van der Waals surface area contributed by atoms with E-state index >= 15 is 0 Å². The minimum Gasteiger partial charge on any atom is -0.326 e. The summed E-state index contributed by atoms with van der Waals surface area (Å²) in [5, 5.41) is 2.51. The van der Waals surface area contributed by atoms with Gasteiger partial charge >= 0.3 is 6.18 Å². The highest BCUT2D eigenvalue weighted by atomic mass is 32.2. The lowest BCUT2D eigenvalue weighted by Gasteiger charge is -2.37. The Kier molecular flexibility index (Phi) is 6.54. The zero-order chi connectivity index (χ0) is 21.2. The van der Waals surface area contributed by atoms with Crippen molar-refractivity contribution >= 4 is 21.8 Å². The van der Waals surface area contributed by atoms with Crippen molar-refractivity contribution in [3.05, 3.63) is 29.8 Å². The van der Waals surface area contributed by atoms with Crippen molar-refractivity contribution in [3.63, 3.8) is 0 Å². The van der Waals surface area contributed by atoms with Crippen molar-refractivity contribution in [1.82, 2.24) is 8.61 Å². The zero-order valence-electron chi connectivity index (χ0n) is 16.3. The molecule has 0 spiro atoms. The molecule has 1 unspecified atom stereocenters. The second kappa shape index (κ2) is 8.61. The molecule has 2 heterocycles. The largest absolute Gasteiger partial charge is 0.416 e. The van der Waals surface area contributed by atoms with Crippen LogP contribution in [0.1, 0.15) is 38.2 Å². The number of alkyl halides is 3. The van der Waals surface area contributed by atoms with Gasteiger partial charge in [0.05, 0.1) is 11.5 Å². The number of benzene rings is 1. The molecule has 1 aromatic rings. The first kappa shape index (κ1) is 22.0. The number of carbonyl (C=O) groups is 1. The third-order valence-corrected chi connectivity index (χ3v) is 7.61. The summed E-state index contributed by atoms with van der Waals surface area (Å²) in [5.74, 6) is -0.568. The Hall–Kier alpha value is -1.65. The van der Waals surface area contributed by atoms with E-state index in [4.69, 9.17) is 0 Å². The Morgan fingerprint density at radius 3 is 2.45 bits per heavy atom. The molecule has 1 atom stereocenters. The van der Waals surface area contributed by atoms with E-state index in [1.165, 1.54) is 20.7 Å². The predicted octanol–water partition coefficient (Wildman–Crippen LogP) is 3.33. The van der Waals surface area contributed by atoms with Crippen molar-refractivity contribution in [2.75, 3.05) is 31.5 Å². The maximum Gasteiger partial charge on any atom is 0.416 e. The normalized spacial score (nSPS) is 23.1. The summed E-state index contributed by atoms with van der Waals surface area (Å²) >= 11 is 0. The molecule has 0 radical (unpaired) electrons. The lowest BCUT2D eigenvalue weighted by molar-refractivity contribution is -0.137. The van der Waals surface area contributed by atoms with E-state index < -0.39 is 33.8 Å². The van der Waals surface area contributed by atoms with E-state index in [0.29, 0.717) is 38.4 Å². The Morgan fingerprint density at radius 2 is 1.79 bits per heavy atom. The third-order valence-electron chi connectivity index (χ3n) is 5.61. The lowest BCUT2D eigenvalue weighted by atomic mass is 9.98. The second-order valence-electron chi connectivity index (χ2n) is 7.85. The molecule has 0 saturated carbocycles. The average Bonchev–Trinajstić information content (AvgIpc) is 2.68. The Labute approximate surface area is 169 Å². The van der Waals surface area contributed by atoms with Crippen molar-refractivity contribution in [3.8, 4) is 0 Å². The molecule has 2 aliphatic heterocycles. The number of amides is 1. The smallest absolute Gasteiger partial charge is 0.326 e. The van der Waals surface area contributed by atoms with Gasteiger partial charge in [-0.15, -0.1) is 0 Å². The molecule has 1 amide bonds. The van der Waals surface area contributed by atoms with E-state index in [-0.39, 0.29) is 12.2 Å². The van der Waals surface area contributed by atoms with E-state index in [1.807, 2.05) is 0 Å². The molecule has 2 saturated heterocycles. The van der Waals surface area contributed by atoms with Crippen LogP contribution < -0.4 is 5.32 Å². The highest BCUT2D eigenvalue weighted by molar-refractivity contribution is 7.86. The molecule has 10 heteroatoms. The Bertz CT molecular complexity index is 837. The van der Waals surface area contributed by atoms with Crippen LogP contribution in [0.25, 0.3) is 0 Å². The predicted molar refractivity (Wildman–Crippen MR) is 103 cm³/mol. The Morgan fingerprint density at radius 1 is 1.10 bits per heavy atom. The van der Waals surface area contributed by atoms with E-state index in [2.05, 4.69) is 12.2 Å². The number of halogens is 3. The number of hydrogen-bond acceptors (Lipinski definition) is 3. The zero-order valence-corrected chi connectivity index (χ0v) is 17.1. The minimum atomic E-state index is -4.50. The van der Waals surface area contributed by atoms with Gasteiger partial charge in [0.15, 0.2) is 0 Å². The second-order valence-corrected chi connectivity index (χ2v) is 9.78. The van der Waals surface area contributed by atoms with Crippen LogP contribution in [-0.2, 0) is 21.2 Å². The number of piperidine rings is 2. The maximum absolute atomic E-state index is 12.9. The van der Waals surface area contributed by atoms with Gasteiger partial charge in [0.2, 0.25) is 5.91 Å². The van der Waals surface area contributed by atoms with Crippen LogP contribution in [0.4, 0.5) is 18.9 Å². The molecule has 3 rings (SSSR count). The van der Waals surface area contributed by atoms with Crippen molar-refractivity contribution in [2.24, 2.45) is 11.8 Å². The summed E-state index contributed by atoms with van der Waals surface area (Å²) in [7, 11) is -3.64. The van der Waals surface area contributed by atoms with E-state index in [1.54, 1.807) is 0 Å². The Balaban J connectivity index is 1.65. The molecule has 0 aliphatic carbocycles. The fourth-order valence-electron chi connectivity index (χ4n) is 3.76. The third kappa shape index (κ3) is 5.29. The van der Waals surface area contributed by atoms with Crippen LogP contribution in [0.15, 0.2) is 24.3 Å². The highest BCUT2D eigenvalue weighted by Gasteiger charge is 2.37. The van der Waals surface area contributed by atoms with Crippen LogP contribution in [0.2, 0.25) is 0 Å². The van der Waals surface area contributed by atoms with Crippen LogP contribution in [0.3, 0.4) is 0 Å². The molecule has 2 fully saturated rings. The van der Waals surface area contributed by atoms with Gasteiger partial charge in [-0.1, -0.05) is 13.0 Å². The monoisotopic (exact) mass is 433 g/mol. The summed E-state index contributed by atoms with van der Waals surface area (Å²) in [6, 6.07) is 4.43. The topological polar surface area (TPSA) is 69.7 Å². The van der Waals surface area contributed by atoms with Crippen LogP contribution in [0.5, 0.6) is 0 Å². The van der Waals surface area contributed by atoms with Gasteiger partial charge in [-0.25, -0.2) is 0 Å².